The standard InChI is InChI=1S/C25H24N4O3/c1-31-19-6-4-5-17(13-19)21-9-10-25(30)29(28-21)24-16-32-15-23(24)27-14-18-11-12-26-22-8-3-2-7-20(18)22/h2-13,23-24,27H,14-16H2,1H3. The van der Waals surface area contributed by atoms with Crippen molar-refractivity contribution >= 4 is 10.9 Å². The summed E-state index contributed by atoms with van der Waals surface area (Å²) < 4.78 is 12.6. The molecule has 4 aromatic rings. The normalized spacial score (nSPS) is 18.2. The maximum atomic E-state index is 12.7. The van der Waals surface area contributed by atoms with Crippen LogP contribution in [0.25, 0.3) is 22.2 Å². The first-order valence-corrected chi connectivity index (χ1v) is 10.6. The number of methoxy groups -OCH3 is 1. The number of ether oxygens (including phenoxy) is 2. The van der Waals surface area contributed by atoms with Crippen molar-refractivity contribution in [2.75, 3.05) is 20.3 Å². The molecule has 2 atom stereocenters. The van der Waals surface area contributed by atoms with Crippen molar-refractivity contribution < 1.29 is 9.47 Å². The zero-order valence-electron chi connectivity index (χ0n) is 17.8. The van der Waals surface area contributed by atoms with Gasteiger partial charge in [0, 0.05) is 29.8 Å². The molecule has 7 heteroatoms. The van der Waals surface area contributed by atoms with Gasteiger partial charge in [0.25, 0.3) is 5.56 Å². The second-order valence-electron chi connectivity index (χ2n) is 7.81. The Kier molecular flexibility index (Phi) is 5.66. The highest BCUT2D eigenvalue weighted by Crippen LogP contribution is 2.24. The van der Waals surface area contributed by atoms with Crippen LogP contribution < -0.4 is 15.6 Å². The minimum absolute atomic E-state index is 0.0345. The van der Waals surface area contributed by atoms with Crippen molar-refractivity contribution in [1.29, 1.82) is 0 Å². The summed E-state index contributed by atoms with van der Waals surface area (Å²) in [7, 11) is 1.63. The predicted octanol–water partition coefficient (Wildman–Crippen LogP) is 3.20. The van der Waals surface area contributed by atoms with Crippen molar-refractivity contribution in [2.24, 2.45) is 0 Å². The topological polar surface area (TPSA) is 78.3 Å². The molecule has 1 fully saturated rings. The fourth-order valence-electron chi connectivity index (χ4n) is 4.13. The Bertz CT molecular complexity index is 1300. The van der Waals surface area contributed by atoms with E-state index in [0.717, 1.165) is 27.8 Å². The van der Waals surface area contributed by atoms with Crippen LogP contribution in [0.15, 0.2) is 77.7 Å². The average Bonchev–Trinajstić information content (AvgIpc) is 3.31. The highest BCUT2D eigenvalue weighted by Gasteiger charge is 2.31. The van der Waals surface area contributed by atoms with Gasteiger partial charge in [-0.1, -0.05) is 30.3 Å². The Morgan fingerprint density at radius 3 is 2.91 bits per heavy atom. The highest BCUT2D eigenvalue weighted by atomic mass is 16.5. The van der Waals surface area contributed by atoms with Crippen LogP contribution >= 0.6 is 0 Å². The van der Waals surface area contributed by atoms with E-state index in [1.54, 1.807) is 23.9 Å². The van der Waals surface area contributed by atoms with Gasteiger partial charge in [0.2, 0.25) is 0 Å². The molecule has 162 valence electrons. The molecule has 32 heavy (non-hydrogen) atoms. The molecule has 0 spiro atoms. The fraction of sp³-hybridized carbons (Fsp3) is 0.240. The molecule has 0 aliphatic carbocycles. The molecule has 1 saturated heterocycles. The number of aromatic nitrogens is 3. The van der Waals surface area contributed by atoms with Gasteiger partial charge in [-0.15, -0.1) is 0 Å². The molecule has 2 aromatic heterocycles. The van der Waals surface area contributed by atoms with Crippen LogP contribution in [0.3, 0.4) is 0 Å². The van der Waals surface area contributed by atoms with Gasteiger partial charge in [-0.3, -0.25) is 9.78 Å². The largest absolute Gasteiger partial charge is 0.497 e. The Morgan fingerprint density at radius 2 is 2.00 bits per heavy atom. The number of pyridine rings is 1. The third kappa shape index (κ3) is 4.00. The number of para-hydroxylation sites is 1. The maximum Gasteiger partial charge on any atom is 0.267 e. The molecule has 1 N–H and O–H groups in total. The number of hydrogen-bond acceptors (Lipinski definition) is 6. The Hall–Kier alpha value is -3.55. The quantitative estimate of drug-likeness (QED) is 0.508. The van der Waals surface area contributed by atoms with E-state index in [-0.39, 0.29) is 17.6 Å². The van der Waals surface area contributed by atoms with E-state index < -0.39 is 0 Å². The van der Waals surface area contributed by atoms with Crippen LogP contribution in [0.2, 0.25) is 0 Å². The number of hydrogen-bond donors (Lipinski definition) is 1. The highest BCUT2D eigenvalue weighted by molar-refractivity contribution is 5.81. The Morgan fingerprint density at radius 1 is 1.09 bits per heavy atom. The van der Waals surface area contributed by atoms with E-state index >= 15 is 0 Å². The van der Waals surface area contributed by atoms with Crippen molar-refractivity contribution in [3.63, 3.8) is 0 Å². The number of benzene rings is 2. The number of rotatable bonds is 6. The first-order valence-electron chi connectivity index (χ1n) is 10.6. The maximum absolute atomic E-state index is 12.7. The monoisotopic (exact) mass is 428 g/mol. The summed E-state index contributed by atoms with van der Waals surface area (Å²) >= 11 is 0. The minimum Gasteiger partial charge on any atom is -0.497 e. The Balaban J connectivity index is 1.40. The average molecular weight is 428 g/mol. The van der Waals surface area contributed by atoms with Crippen LogP contribution in [0, 0.1) is 0 Å². The molecule has 5 rings (SSSR count). The molecule has 7 nitrogen and oxygen atoms in total. The van der Waals surface area contributed by atoms with Gasteiger partial charge in [-0.25, -0.2) is 4.68 Å². The zero-order valence-corrected chi connectivity index (χ0v) is 17.8. The second kappa shape index (κ2) is 8.90. The van der Waals surface area contributed by atoms with Gasteiger partial charge in [-0.05, 0) is 35.9 Å². The van der Waals surface area contributed by atoms with Gasteiger partial charge >= 0.3 is 0 Å². The molecule has 0 radical (unpaired) electrons. The molecule has 2 unspecified atom stereocenters. The van der Waals surface area contributed by atoms with E-state index in [0.29, 0.717) is 25.5 Å². The van der Waals surface area contributed by atoms with E-state index in [1.165, 1.54) is 0 Å². The summed E-state index contributed by atoms with van der Waals surface area (Å²) in [6.45, 7) is 1.60. The molecule has 1 aliphatic heterocycles. The van der Waals surface area contributed by atoms with Crippen molar-refractivity contribution in [2.45, 2.75) is 18.6 Å². The SMILES string of the molecule is COc1cccc(-c2ccc(=O)n(C3COCC3NCc3ccnc4ccccc34)n2)c1. The summed E-state index contributed by atoms with van der Waals surface area (Å²) in [6, 6.07) is 20.8. The van der Waals surface area contributed by atoms with Gasteiger partial charge in [0.05, 0.1) is 43.6 Å². The van der Waals surface area contributed by atoms with Crippen molar-refractivity contribution in [3.05, 3.63) is 88.8 Å². The lowest BCUT2D eigenvalue weighted by molar-refractivity contribution is 0.181. The summed E-state index contributed by atoms with van der Waals surface area (Å²) in [5, 5.41) is 9.36. The van der Waals surface area contributed by atoms with Crippen LogP contribution in [-0.2, 0) is 11.3 Å². The van der Waals surface area contributed by atoms with Crippen LogP contribution in [-0.4, -0.2) is 41.1 Å². The lowest BCUT2D eigenvalue weighted by atomic mass is 10.1. The summed E-state index contributed by atoms with van der Waals surface area (Å²) in [5.41, 5.74) is 3.59. The lowest BCUT2D eigenvalue weighted by Crippen LogP contribution is -2.41. The van der Waals surface area contributed by atoms with Gasteiger partial charge in [-0.2, -0.15) is 5.10 Å². The first kappa shape index (κ1) is 20.4. The van der Waals surface area contributed by atoms with Crippen molar-refractivity contribution in [3.8, 4) is 17.0 Å². The van der Waals surface area contributed by atoms with Crippen LogP contribution in [0.1, 0.15) is 11.6 Å². The molecular formula is C25H24N4O3. The van der Waals surface area contributed by atoms with E-state index in [4.69, 9.17) is 9.47 Å². The minimum atomic E-state index is -0.193. The third-order valence-corrected chi connectivity index (χ3v) is 5.85. The van der Waals surface area contributed by atoms with Crippen LogP contribution in [0.5, 0.6) is 5.75 Å². The molecule has 0 bridgehead atoms. The van der Waals surface area contributed by atoms with E-state index in [2.05, 4.69) is 21.5 Å². The molecule has 3 heterocycles. The molecule has 2 aromatic carbocycles. The van der Waals surface area contributed by atoms with E-state index in [9.17, 15) is 4.79 Å². The summed E-state index contributed by atoms with van der Waals surface area (Å²) in [4.78, 5) is 17.1. The Labute approximate surface area is 185 Å². The third-order valence-electron chi connectivity index (χ3n) is 5.85. The first-order chi connectivity index (χ1) is 15.7. The lowest BCUT2D eigenvalue weighted by Gasteiger charge is -2.21. The zero-order chi connectivity index (χ0) is 21.9. The van der Waals surface area contributed by atoms with Gasteiger partial charge in [0.15, 0.2) is 0 Å². The second-order valence-corrected chi connectivity index (χ2v) is 7.81. The summed E-state index contributed by atoms with van der Waals surface area (Å²) in [5.74, 6) is 0.746. The molecule has 0 saturated carbocycles. The molecule has 0 amide bonds. The number of fused-ring (bicyclic) bond motifs is 1. The van der Waals surface area contributed by atoms with Crippen molar-refractivity contribution in [1.82, 2.24) is 20.1 Å². The van der Waals surface area contributed by atoms with Gasteiger partial charge < -0.3 is 14.8 Å². The van der Waals surface area contributed by atoms with Crippen LogP contribution in [0.4, 0.5) is 0 Å². The van der Waals surface area contributed by atoms with Gasteiger partial charge in [0.1, 0.15) is 5.75 Å². The van der Waals surface area contributed by atoms with E-state index in [1.807, 2.05) is 54.7 Å². The molecular weight excluding hydrogens is 404 g/mol. The number of nitrogens with one attached hydrogen (secondary N) is 1. The smallest absolute Gasteiger partial charge is 0.267 e. The number of nitrogens with zero attached hydrogens (tertiary/aromatic N) is 3. The fourth-order valence-corrected chi connectivity index (χ4v) is 4.13. The summed E-state index contributed by atoms with van der Waals surface area (Å²) in [6.07, 6.45) is 1.83. The molecule has 1 aliphatic rings. The predicted molar refractivity (Wildman–Crippen MR) is 123 cm³/mol.